The molecule has 0 saturated carbocycles. The second-order valence-corrected chi connectivity index (χ2v) is 8.78. The molecule has 0 aliphatic heterocycles. The van der Waals surface area contributed by atoms with E-state index in [9.17, 15) is 9.59 Å². The lowest BCUT2D eigenvalue weighted by Gasteiger charge is -2.03. The minimum atomic E-state index is -0.301. The van der Waals surface area contributed by atoms with Crippen molar-refractivity contribution in [1.82, 2.24) is 15.3 Å². The van der Waals surface area contributed by atoms with E-state index in [4.69, 9.17) is 0 Å². The summed E-state index contributed by atoms with van der Waals surface area (Å²) in [7, 11) is 0. The predicted molar refractivity (Wildman–Crippen MR) is 117 cm³/mol. The molecule has 2 N–H and O–H groups in total. The van der Waals surface area contributed by atoms with Crippen LogP contribution >= 0.6 is 22.7 Å². The fourth-order valence-electron chi connectivity index (χ4n) is 2.81. The third-order valence-electron chi connectivity index (χ3n) is 4.17. The van der Waals surface area contributed by atoms with Gasteiger partial charge in [0.25, 0.3) is 0 Å². The zero-order valence-corrected chi connectivity index (χ0v) is 17.3. The molecule has 2 aromatic carbocycles. The first-order valence-corrected chi connectivity index (χ1v) is 10.6. The molecular weight excluding hydrogens is 404 g/mol. The van der Waals surface area contributed by atoms with Crippen LogP contribution in [0.4, 0.5) is 5.13 Å². The van der Waals surface area contributed by atoms with Crippen LogP contribution in [-0.2, 0) is 16.0 Å². The molecular formula is C21H18N4O2S2. The van der Waals surface area contributed by atoms with Gasteiger partial charge in [-0.1, -0.05) is 36.4 Å². The average molecular weight is 423 g/mol. The SMILES string of the molecule is Cc1cnc(NC(=O)CNC(=O)Cc2nc3ccc(-c4ccccc4)cc3s2)s1. The quantitative estimate of drug-likeness (QED) is 0.491. The van der Waals surface area contributed by atoms with Crippen LogP contribution in [0.3, 0.4) is 0 Å². The fraction of sp³-hybridized carbons (Fsp3) is 0.143. The van der Waals surface area contributed by atoms with E-state index in [0.29, 0.717) is 5.13 Å². The largest absolute Gasteiger partial charge is 0.347 e. The summed E-state index contributed by atoms with van der Waals surface area (Å²) >= 11 is 2.88. The summed E-state index contributed by atoms with van der Waals surface area (Å²) in [5.74, 6) is -0.540. The Hall–Kier alpha value is -3.10. The molecule has 0 aliphatic rings. The van der Waals surface area contributed by atoms with E-state index in [0.717, 1.165) is 31.2 Å². The van der Waals surface area contributed by atoms with Crippen molar-refractivity contribution in [1.29, 1.82) is 0 Å². The van der Waals surface area contributed by atoms with Gasteiger partial charge in [-0.2, -0.15) is 0 Å². The third-order valence-corrected chi connectivity index (χ3v) is 6.01. The number of carbonyl (C=O) groups excluding carboxylic acids is 2. The van der Waals surface area contributed by atoms with E-state index in [1.807, 2.05) is 37.3 Å². The Balaban J connectivity index is 1.36. The van der Waals surface area contributed by atoms with E-state index >= 15 is 0 Å². The highest BCUT2D eigenvalue weighted by molar-refractivity contribution is 7.18. The molecule has 2 heterocycles. The van der Waals surface area contributed by atoms with Gasteiger partial charge in [0, 0.05) is 11.1 Å². The van der Waals surface area contributed by atoms with Crippen LogP contribution in [0.2, 0.25) is 0 Å². The van der Waals surface area contributed by atoms with Crippen LogP contribution in [0, 0.1) is 6.92 Å². The molecule has 0 spiro atoms. The molecule has 0 bridgehead atoms. The minimum Gasteiger partial charge on any atom is -0.347 e. The van der Waals surface area contributed by atoms with Crippen LogP contribution < -0.4 is 10.6 Å². The lowest BCUT2D eigenvalue weighted by Crippen LogP contribution is -2.33. The van der Waals surface area contributed by atoms with Gasteiger partial charge in [-0.25, -0.2) is 9.97 Å². The monoisotopic (exact) mass is 422 g/mol. The molecule has 0 atom stereocenters. The Morgan fingerprint density at radius 1 is 1.00 bits per heavy atom. The molecule has 0 radical (unpaired) electrons. The van der Waals surface area contributed by atoms with Crippen LogP contribution in [0.1, 0.15) is 9.88 Å². The highest BCUT2D eigenvalue weighted by atomic mass is 32.1. The lowest BCUT2D eigenvalue weighted by atomic mass is 10.1. The number of rotatable bonds is 6. The van der Waals surface area contributed by atoms with Gasteiger partial charge in [0.1, 0.15) is 5.01 Å². The van der Waals surface area contributed by atoms with Crippen LogP contribution in [0.25, 0.3) is 21.3 Å². The number of aromatic nitrogens is 2. The molecule has 146 valence electrons. The van der Waals surface area contributed by atoms with Gasteiger partial charge in [-0.15, -0.1) is 22.7 Å². The summed E-state index contributed by atoms with van der Waals surface area (Å²) in [4.78, 5) is 33.7. The molecule has 0 saturated heterocycles. The smallest absolute Gasteiger partial charge is 0.245 e. The number of benzene rings is 2. The van der Waals surface area contributed by atoms with Gasteiger partial charge in [0.05, 0.1) is 23.2 Å². The first-order chi connectivity index (χ1) is 14.1. The number of fused-ring (bicyclic) bond motifs is 1. The minimum absolute atomic E-state index is 0.0967. The molecule has 29 heavy (non-hydrogen) atoms. The number of nitrogens with one attached hydrogen (secondary N) is 2. The summed E-state index contributed by atoms with van der Waals surface area (Å²) in [5.41, 5.74) is 3.13. The number of nitrogens with zero attached hydrogens (tertiary/aromatic N) is 2. The van der Waals surface area contributed by atoms with Gasteiger partial charge >= 0.3 is 0 Å². The topological polar surface area (TPSA) is 84.0 Å². The molecule has 0 unspecified atom stereocenters. The van der Waals surface area contributed by atoms with Crippen molar-refractivity contribution in [3.05, 3.63) is 64.6 Å². The Labute approximate surface area is 175 Å². The lowest BCUT2D eigenvalue weighted by molar-refractivity contribution is -0.123. The van der Waals surface area contributed by atoms with Gasteiger partial charge in [-0.05, 0) is 30.2 Å². The average Bonchev–Trinajstić information content (AvgIpc) is 3.31. The Morgan fingerprint density at radius 2 is 1.83 bits per heavy atom. The molecule has 0 fully saturated rings. The molecule has 6 nitrogen and oxygen atoms in total. The summed E-state index contributed by atoms with van der Waals surface area (Å²) in [5, 5.41) is 6.55. The van der Waals surface area contributed by atoms with E-state index in [1.165, 1.54) is 22.7 Å². The molecule has 4 aromatic rings. The Bertz CT molecular complexity index is 1170. The maximum atomic E-state index is 12.2. The molecule has 8 heteroatoms. The summed E-state index contributed by atoms with van der Waals surface area (Å²) in [6.45, 7) is 1.82. The van der Waals surface area contributed by atoms with Gasteiger partial charge in [-0.3, -0.25) is 9.59 Å². The summed E-state index contributed by atoms with van der Waals surface area (Å²) in [6, 6.07) is 16.2. The first kappa shape index (κ1) is 19.2. The number of amides is 2. The van der Waals surface area contributed by atoms with E-state index in [1.54, 1.807) is 6.20 Å². The number of thiazole rings is 2. The van der Waals surface area contributed by atoms with Crippen molar-refractivity contribution in [3.8, 4) is 11.1 Å². The van der Waals surface area contributed by atoms with Crippen LogP contribution in [0.15, 0.2) is 54.7 Å². The fourth-order valence-corrected chi connectivity index (χ4v) is 4.50. The molecule has 4 rings (SSSR count). The van der Waals surface area contributed by atoms with Crippen LogP contribution in [0.5, 0.6) is 0 Å². The van der Waals surface area contributed by atoms with Crippen molar-refractivity contribution in [2.75, 3.05) is 11.9 Å². The normalized spacial score (nSPS) is 10.8. The van der Waals surface area contributed by atoms with Gasteiger partial charge in [0.15, 0.2) is 5.13 Å². The second-order valence-electron chi connectivity index (χ2n) is 6.43. The highest BCUT2D eigenvalue weighted by Gasteiger charge is 2.12. The molecule has 2 aromatic heterocycles. The van der Waals surface area contributed by atoms with E-state index < -0.39 is 0 Å². The van der Waals surface area contributed by atoms with Gasteiger partial charge < -0.3 is 10.6 Å². The second kappa shape index (κ2) is 8.50. The van der Waals surface area contributed by atoms with Crippen molar-refractivity contribution < 1.29 is 9.59 Å². The first-order valence-electron chi connectivity index (χ1n) is 9.01. The van der Waals surface area contributed by atoms with Crippen molar-refractivity contribution >= 4 is 49.8 Å². The van der Waals surface area contributed by atoms with Crippen LogP contribution in [-0.4, -0.2) is 28.3 Å². The summed E-state index contributed by atoms with van der Waals surface area (Å²) in [6.07, 6.45) is 1.83. The standard InChI is InChI=1S/C21H18N4O2S2/c1-13-11-23-21(28-13)25-19(27)12-22-18(26)10-20-24-16-8-7-15(9-17(16)29-20)14-5-3-2-4-6-14/h2-9,11H,10,12H2,1H3,(H,22,26)(H,23,25,27). The Morgan fingerprint density at radius 3 is 2.59 bits per heavy atom. The number of anilines is 1. The Kier molecular flexibility index (Phi) is 5.64. The van der Waals surface area contributed by atoms with E-state index in [2.05, 4.69) is 38.8 Å². The zero-order valence-electron chi connectivity index (χ0n) is 15.6. The number of carbonyl (C=O) groups is 2. The summed E-state index contributed by atoms with van der Waals surface area (Å²) < 4.78 is 1.03. The molecule has 0 aliphatic carbocycles. The zero-order chi connectivity index (χ0) is 20.2. The molecule has 2 amide bonds. The van der Waals surface area contributed by atoms with Gasteiger partial charge in [0.2, 0.25) is 11.8 Å². The van der Waals surface area contributed by atoms with Crippen molar-refractivity contribution in [2.45, 2.75) is 13.3 Å². The highest BCUT2D eigenvalue weighted by Crippen LogP contribution is 2.28. The van der Waals surface area contributed by atoms with E-state index in [-0.39, 0.29) is 24.8 Å². The van der Waals surface area contributed by atoms with Crippen molar-refractivity contribution in [2.24, 2.45) is 0 Å². The number of hydrogen-bond acceptors (Lipinski definition) is 6. The predicted octanol–water partition coefficient (Wildman–Crippen LogP) is 4.03. The number of hydrogen-bond donors (Lipinski definition) is 2. The maximum absolute atomic E-state index is 12.2. The van der Waals surface area contributed by atoms with Crippen molar-refractivity contribution in [3.63, 3.8) is 0 Å². The third kappa shape index (κ3) is 4.85. The number of aryl methyl sites for hydroxylation is 1. The maximum Gasteiger partial charge on any atom is 0.245 e.